The standard InChI is InChI=1S/C13H19NS/c1-9-3-6-13(10(2)7-9)15-12-5-4-11(14)8-12/h3,6-7,11-12H,4-5,8,14H2,1-2H3. The van der Waals surface area contributed by atoms with Crippen molar-refractivity contribution in [3.8, 4) is 0 Å². The van der Waals surface area contributed by atoms with E-state index in [1.807, 2.05) is 11.8 Å². The molecule has 1 aromatic carbocycles. The highest BCUT2D eigenvalue weighted by atomic mass is 32.2. The number of thioether (sulfide) groups is 1. The second-order valence-electron chi connectivity index (χ2n) is 4.58. The molecule has 2 unspecified atom stereocenters. The number of rotatable bonds is 2. The number of aryl methyl sites for hydroxylation is 2. The summed E-state index contributed by atoms with van der Waals surface area (Å²) >= 11 is 2.01. The monoisotopic (exact) mass is 221 g/mol. The van der Waals surface area contributed by atoms with Gasteiger partial charge in [-0.05, 0) is 44.7 Å². The van der Waals surface area contributed by atoms with Crippen LogP contribution in [0, 0.1) is 13.8 Å². The van der Waals surface area contributed by atoms with Gasteiger partial charge in [0.25, 0.3) is 0 Å². The van der Waals surface area contributed by atoms with Crippen molar-refractivity contribution in [3.05, 3.63) is 29.3 Å². The first-order valence-electron chi connectivity index (χ1n) is 5.64. The van der Waals surface area contributed by atoms with Crippen LogP contribution in [0.1, 0.15) is 30.4 Å². The van der Waals surface area contributed by atoms with Gasteiger partial charge in [-0.25, -0.2) is 0 Å². The lowest BCUT2D eigenvalue weighted by Gasteiger charge is -2.11. The molecule has 2 N–H and O–H groups in total. The second-order valence-corrected chi connectivity index (χ2v) is 5.92. The number of nitrogens with two attached hydrogens (primary N) is 1. The van der Waals surface area contributed by atoms with Crippen LogP contribution in [0.4, 0.5) is 0 Å². The molecule has 2 heteroatoms. The average molecular weight is 221 g/mol. The van der Waals surface area contributed by atoms with Crippen LogP contribution < -0.4 is 5.73 Å². The highest BCUT2D eigenvalue weighted by Crippen LogP contribution is 2.35. The van der Waals surface area contributed by atoms with Gasteiger partial charge in [0.15, 0.2) is 0 Å². The van der Waals surface area contributed by atoms with E-state index in [0.29, 0.717) is 6.04 Å². The van der Waals surface area contributed by atoms with Crippen LogP contribution in [0.2, 0.25) is 0 Å². The van der Waals surface area contributed by atoms with Gasteiger partial charge in [0, 0.05) is 16.2 Å². The Morgan fingerprint density at radius 3 is 2.67 bits per heavy atom. The predicted octanol–water partition coefficient (Wildman–Crippen LogP) is 3.28. The lowest BCUT2D eigenvalue weighted by molar-refractivity contribution is 0.706. The van der Waals surface area contributed by atoms with Gasteiger partial charge in [0.05, 0.1) is 0 Å². The molecule has 1 aliphatic carbocycles. The summed E-state index contributed by atoms with van der Waals surface area (Å²) in [5.41, 5.74) is 8.68. The quantitative estimate of drug-likeness (QED) is 0.829. The van der Waals surface area contributed by atoms with E-state index < -0.39 is 0 Å². The maximum Gasteiger partial charge on any atom is 0.0110 e. The van der Waals surface area contributed by atoms with Gasteiger partial charge in [-0.15, -0.1) is 11.8 Å². The maximum absolute atomic E-state index is 5.93. The van der Waals surface area contributed by atoms with Crippen LogP contribution in [0.15, 0.2) is 23.1 Å². The van der Waals surface area contributed by atoms with Crippen molar-refractivity contribution in [3.63, 3.8) is 0 Å². The van der Waals surface area contributed by atoms with Crippen molar-refractivity contribution in [1.82, 2.24) is 0 Å². The molecule has 2 atom stereocenters. The molecule has 1 saturated carbocycles. The van der Waals surface area contributed by atoms with E-state index in [4.69, 9.17) is 5.73 Å². The first kappa shape index (κ1) is 11.0. The van der Waals surface area contributed by atoms with Gasteiger partial charge in [-0.2, -0.15) is 0 Å². The Morgan fingerprint density at radius 1 is 1.27 bits per heavy atom. The molecule has 0 spiro atoms. The van der Waals surface area contributed by atoms with Gasteiger partial charge in [-0.3, -0.25) is 0 Å². The largest absolute Gasteiger partial charge is 0.328 e. The molecule has 0 amide bonds. The molecular weight excluding hydrogens is 202 g/mol. The average Bonchev–Trinajstić information content (AvgIpc) is 2.56. The Morgan fingerprint density at radius 2 is 2.07 bits per heavy atom. The smallest absolute Gasteiger partial charge is 0.0110 e. The van der Waals surface area contributed by atoms with E-state index in [1.165, 1.54) is 35.3 Å². The van der Waals surface area contributed by atoms with Crippen LogP contribution in [-0.2, 0) is 0 Å². The molecule has 0 bridgehead atoms. The number of benzene rings is 1. The van der Waals surface area contributed by atoms with Crippen molar-refractivity contribution in [1.29, 1.82) is 0 Å². The Hall–Kier alpha value is -0.470. The van der Waals surface area contributed by atoms with Gasteiger partial charge in [0.2, 0.25) is 0 Å². The molecule has 0 aromatic heterocycles. The fourth-order valence-electron chi connectivity index (χ4n) is 2.19. The first-order valence-corrected chi connectivity index (χ1v) is 6.52. The lowest BCUT2D eigenvalue weighted by atomic mass is 10.2. The van der Waals surface area contributed by atoms with Crippen molar-refractivity contribution in [2.24, 2.45) is 5.73 Å². The van der Waals surface area contributed by atoms with E-state index in [1.54, 1.807) is 0 Å². The zero-order valence-corrected chi connectivity index (χ0v) is 10.3. The minimum absolute atomic E-state index is 0.438. The minimum atomic E-state index is 0.438. The van der Waals surface area contributed by atoms with E-state index in [9.17, 15) is 0 Å². The van der Waals surface area contributed by atoms with Crippen LogP contribution in [0.5, 0.6) is 0 Å². The van der Waals surface area contributed by atoms with Gasteiger partial charge in [-0.1, -0.05) is 17.7 Å². The van der Waals surface area contributed by atoms with Crippen LogP contribution >= 0.6 is 11.8 Å². The number of hydrogen-bond acceptors (Lipinski definition) is 2. The van der Waals surface area contributed by atoms with Crippen molar-refractivity contribution in [2.75, 3.05) is 0 Å². The Balaban J connectivity index is 2.04. The number of hydrogen-bond donors (Lipinski definition) is 1. The molecule has 0 radical (unpaired) electrons. The molecule has 82 valence electrons. The zero-order valence-electron chi connectivity index (χ0n) is 9.49. The molecule has 0 aliphatic heterocycles. The highest BCUT2D eigenvalue weighted by Gasteiger charge is 2.22. The van der Waals surface area contributed by atoms with Crippen molar-refractivity contribution >= 4 is 11.8 Å². The summed E-state index contributed by atoms with van der Waals surface area (Å²) in [5, 5.41) is 0.737. The summed E-state index contributed by atoms with van der Waals surface area (Å²) in [6.07, 6.45) is 3.65. The Labute approximate surface area is 96.4 Å². The summed E-state index contributed by atoms with van der Waals surface area (Å²) in [6.45, 7) is 4.34. The van der Waals surface area contributed by atoms with E-state index in [2.05, 4.69) is 32.0 Å². The molecule has 1 nitrogen and oxygen atoms in total. The SMILES string of the molecule is Cc1ccc(SC2CCC(N)C2)c(C)c1. The molecule has 1 aliphatic rings. The van der Waals surface area contributed by atoms with Crippen molar-refractivity contribution < 1.29 is 0 Å². The second kappa shape index (κ2) is 4.58. The maximum atomic E-state index is 5.93. The molecule has 0 heterocycles. The molecule has 0 saturated heterocycles. The fourth-order valence-corrected chi connectivity index (χ4v) is 3.54. The van der Waals surface area contributed by atoms with Crippen LogP contribution in [-0.4, -0.2) is 11.3 Å². The normalized spacial score (nSPS) is 25.8. The molecule has 1 aromatic rings. The van der Waals surface area contributed by atoms with E-state index in [-0.39, 0.29) is 0 Å². The van der Waals surface area contributed by atoms with E-state index >= 15 is 0 Å². The lowest BCUT2D eigenvalue weighted by Crippen LogP contribution is -2.15. The topological polar surface area (TPSA) is 26.0 Å². The van der Waals surface area contributed by atoms with Crippen molar-refractivity contribution in [2.45, 2.75) is 49.3 Å². The van der Waals surface area contributed by atoms with Crippen LogP contribution in [0.3, 0.4) is 0 Å². The summed E-state index contributed by atoms with van der Waals surface area (Å²) in [7, 11) is 0. The minimum Gasteiger partial charge on any atom is -0.328 e. The third-order valence-electron chi connectivity index (χ3n) is 3.05. The first-order chi connectivity index (χ1) is 7.15. The molecule has 15 heavy (non-hydrogen) atoms. The summed E-state index contributed by atoms with van der Waals surface area (Å²) < 4.78 is 0. The molecule has 2 rings (SSSR count). The fraction of sp³-hybridized carbons (Fsp3) is 0.538. The Bertz CT molecular complexity index is 348. The third-order valence-corrected chi connectivity index (χ3v) is 4.52. The highest BCUT2D eigenvalue weighted by molar-refractivity contribution is 8.00. The predicted molar refractivity (Wildman–Crippen MR) is 67.4 cm³/mol. The van der Waals surface area contributed by atoms with Gasteiger partial charge < -0.3 is 5.73 Å². The third kappa shape index (κ3) is 2.76. The molecule has 1 fully saturated rings. The zero-order chi connectivity index (χ0) is 10.8. The van der Waals surface area contributed by atoms with Gasteiger partial charge in [0.1, 0.15) is 0 Å². The summed E-state index contributed by atoms with van der Waals surface area (Å²) in [6, 6.07) is 7.15. The Kier molecular flexibility index (Phi) is 3.37. The van der Waals surface area contributed by atoms with Crippen LogP contribution in [0.25, 0.3) is 0 Å². The molecular formula is C13H19NS. The van der Waals surface area contributed by atoms with E-state index in [0.717, 1.165) is 5.25 Å². The summed E-state index contributed by atoms with van der Waals surface area (Å²) in [5.74, 6) is 0. The van der Waals surface area contributed by atoms with Gasteiger partial charge >= 0.3 is 0 Å². The summed E-state index contributed by atoms with van der Waals surface area (Å²) in [4.78, 5) is 1.43.